The number of piperidine rings is 3. The van der Waals surface area contributed by atoms with Gasteiger partial charge in [0.05, 0.1) is 23.9 Å². The number of halogens is 2. The van der Waals surface area contributed by atoms with E-state index in [4.69, 9.17) is 26.1 Å². The van der Waals surface area contributed by atoms with Crippen LogP contribution in [-0.4, -0.2) is 118 Å². The molecule has 1 unspecified atom stereocenters. The van der Waals surface area contributed by atoms with E-state index >= 15 is 4.39 Å². The van der Waals surface area contributed by atoms with Crippen molar-refractivity contribution in [3.8, 4) is 5.75 Å². The van der Waals surface area contributed by atoms with Crippen LogP contribution in [0.1, 0.15) is 92.2 Å². The molecule has 3 atom stereocenters. The molecule has 3 saturated heterocycles. The molecule has 64 heavy (non-hydrogen) atoms. The molecule has 0 bridgehead atoms. The number of hydrogen-bond acceptors (Lipinski definition) is 12. The molecular weight excluding hydrogens is 845 g/mol. The van der Waals surface area contributed by atoms with Gasteiger partial charge in [0.15, 0.2) is 18.2 Å². The largest absolute Gasteiger partial charge is 0.478 e. The van der Waals surface area contributed by atoms with Gasteiger partial charge in [0.1, 0.15) is 17.2 Å². The number of nitrogens with zero attached hydrogens (tertiary/aromatic N) is 6. The zero-order valence-corrected chi connectivity index (χ0v) is 36.9. The highest BCUT2D eigenvalue weighted by Crippen LogP contribution is 2.39. The van der Waals surface area contributed by atoms with Crippen LogP contribution in [0, 0.1) is 0 Å². The number of benzene rings is 2. The summed E-state index contributed by atoms with van der Waals surface area (Å²) in [4.78, 5) is 77.8. The quantitative estimate of drug-likeness (QED) is 0.162. The average Bonchev–Trinajstić information content (AvgIpc) is 3.59. The molecule has 5 aliphatic rings. The molecule has 4 amide bonds. The zero-order valence-electron chi connectivity index (χ0n) is 36.1. The molecular formula is C46H53ClFN9O7. The number of ether oxygens (including phenoxy) is 2. The lowest BCUT2D eigenvalue weighted by Gasteiger charge is -2.47. The lowest BCUT2D eigenvalue weighted by molar-refractivity contribution is -0.137. The molecule has 18 heteroatoms. The van der Waals surface area contributed by atoms with E-state index in [0.717, 1.165) is 54.3 Å². The van der Waals surface area contributed by atoms with E-state index in [1.54, 1.807) is 16.8 Å². The lowest BCUT2D eigenvalue weighted by Crippen LogP contribution is -2.54. The maximum Gasteiger partial charge on any atom is 0.293 e. The number of hydrogen-bond donors (Lipinski definition) is 3. The standard InChI is InChI=1S/C46H53ClFN9O7/c1-25(2)57-37-7-6-29(16-28(37)18-39(45(57)62)63-24-41(59)49-3)51-42-35(47)21-50-46(53-42)54-13-10-31(11-14-54)64-32-19-30(20-32)55-15-12-33(36(48)23-55)26-4-5-27-22-56(44(61)34(27)17-26)38-8-9-40(58)52-43(38)60/h4-7,16-18,21,25,30-33,36,38H,8-15,19-20,22-24H2,1-3H3,(H,49,59)(H,50,51,53)(H,52,58,60)/t30-,32-,33-,36-,38?/m0/s1. The van der Waals surface area contributed by atoms with Gasteiger partial charge in [-0.2, -0.15) is 4.98 Å². The number of aromatic nitrogens is 3. The monoisotopic (exact) mass is 897 g/mol. The molecule has 16 nitrogen and oxygen atoms in total. The molecule has 2 aromatic heterocycles. The Morgan fingerprint density at radius 1 is 1.00 bits per heavy atom. The van der Waals surface area contributed by atoms with Crippen LogP contribution in [0.5, 0.6) is 5.75 Å². The number of pyridine rings is 1. The molecule has 0 spiro atoms. The van der Waals surface area contributed by atoms with Gasteiger partial charge < -0.3 is 34.5 Å². The van der Waals surface area contributed by atoms with Crippen molar-refractivity contribution in [2.75, 3.05) is 50.1 Å². The van der Waals surface area contributed by atoms with E-state index in [1.807, 2.05) is 50.2 Å². The molecule has 9 rings (SSSR count). The Morgan fingerprint density at radius 2 is 1.80 bits per heavy atom. The Morgan fingerprint density at radius 3 is 2.53 bits per heavy atom. The van der Waals surface area contributed by atoms with Crippen LogP contribution < -0.4 is 31.1 Å². The summed E-state index contributed by atoms with van der Waals surface area (Å²) in [6, 6.07) is 12.3. The number of amides is 4. The predicted molar refractivity (Wildman–Crippen MR) is 238 cm³/mol. The molecule has 1 saturated carbocycles. The average molecular weight is 898 g/mol. The highest BCUT2D eigenvalue weighted by atomic mass is 35.5. The van der Waals surface area contributed by atoms with E-state index < -0.39 is 18.1 Å². The predicted octanol–water partition coefficient (Wildman–Crippen LogP) is 5.00. The molecule has 1 aliphatic carbocycles. The van der Waals surface area contributed by atoms with Gasteiger partial charge in [-0.05, 0) is 100 Å². The number of anilines is 3. The van der Waals surface area contributed by atoms with Crippen LogP contribution >= 0.6 is 11.6 Å². The number of nitrogens with one attached hydrogen (secondary N) is 3. The van der Waals surface area contributed by atoms with Crippen molar-refractivity contribution in [2.24, 2.45) is 0 Å². The Labute approximate surface area is 374 Å². The van der Waals surface area contributed by atoms with Crippen molar-refractivity contribution >= 4 is 63.6 Å². The number of likely N-dealkylation sites (N-methyl/N-ethyl adjacent to an activating group) is 1. The van der Waals surface area contributed by atoms with Gasteiger partial charge in [0.25, 0.3) is 17.4 Å². The van der Waals surface area contributed by atoms with Gasteiger partial charge >= 0.3 is 0 Å². The summed E-state index contributed by atoms with van der Waals surface area (Å²) in [6.07, 6.45) is 5.26. The fourth-order valence-electron chi connectivity index (χ4n) is 9.81. The number of fused-ring (bicyclic) bond motifs is 2. The maximum atomic E-state index is 15.9. The van der Waals surface area contributed by atoms with Crippen LogP contribution in [0.4, 0.5) is 21.8 Å². The van der Waals surface area contributed by atoms with Gasteiger partial charge in [0, 0.05) is 74.3 Å². The minimum absolute atomic E-state index is 0.0809. The first-order chi connectivity index (χ1) is 30.8. The maximum absolute atomic E-state index is 15.9. The minimum Gasteiger partial charge on any atom is -0.478 e. The third-order valence-corrected chi connectivity index (χ3v) is 13.7. The van der Waals surface area contributed by atoms with Crippen molar-refractivity contribution in [3.63, 3.8) is 0 Å². The minimum atomic E-state index is -1.07. The fraction of sp³-hybridized carbons (Fsp3) is 0.500. The highest BCUT2D eigenvalue weighted by Gasteiger charge is 2.43. The van der Waals surface area contributed by atoms with Gasteiger partial charge in [0.2, 0.25) is 17.8 Å². The molecule has 4 fully saturated rings. The second-order valence-electron chi connectivity index (χ2n) is 17.8. The Kier molecular flexibility index (Phi) is 12.3. The van der Waals surface area contributed by atoms with Crippen LogP contribution in [0.15, 0.2) is 53.5 Å². The second kappa shape index (κ2) is 18.1. The van der Waals surface area contributed by atoms with Crippen molar-refractivity contribution < 1.29 is 33.0 Å². The van der Waals surface area contributed by atoms with Crippen LogP contribution in [0.2, 0.25) is 5.02 Å². The van der Waals surface area contributed by atoms with Crippen LogP contribution in [0.3, 0.4) is 0 Å². The summed E-state index contributed by atoms with van der Waals surface area (Å²) in [5.41, 5.74) is 3.26. The number of rotatable bonds is 12. The normalized spacial score (nSPS) is 24.2. The van der Waals surface area contributed by atoms with E-state index in [1.165, 1.54) is 11.9 Å². The molecule has 0 radical (unpaired) electrons. The van der Waals surface area contributed by atoms with E-state index in [2.05, 4.69) is 30.7 Å². The van der Waals surface area contributed by atoms with Crippen molar-refractivity contribution in [3.05, 3.63) is 80.7 Å². The summed E-state index contributed by atoms with van der Waals surface area (Å²) in [5, 5.41) is 9.24. The number of alkyl halides is 1. The van der Waals surface area contributed by atoms with Crippen molar-refractivity contribution in [1.82, 2.24) is 35.0 Å². The number of carbonyl (C=O) groups is 4. The molecule has 3 N–H and O–H groups in total. The van der Waals surface area contributed by atoms with Crippen LogP contribution in [0.25, 0.3) is 10.9 Å². The third kappa shape index (κ3) is 8.76. The van der Waals surface area contributed by atoms with E-state index in [0.29, 0.717) is 67.1 Å². The number of likely N-dealkylation sites (tertiary alicyclic amines) is 1. The lowest BCUT2D eigenvalue weighted by atomic mass is 9.82. The first-order valence-corrected chi connectivity index (χ1v) is 22.6. The number of carbonyl (C=O) groups excluding carboxylic acids is 4. The summed E-state index contributed by atoms with van der Waals surface area (Å²) in [7, 11) is 1.51. The van der Waals surface area contributed by atoms with E-state index in [-0.39, 0.29) is 72.3 Å². The van der Waals surface area contributed by atoms with E-state index in [9.17, 15) is 24.0 Å². The fourth-order valence-corrected chi connectivity index (χ4v) is 9.95. The Balaban J connectivity index is 0.750. The molecule has 338 valence electrons. The second-order valence-corrected chi connectivity index (χ2v) is 18.2. The summed E-state index contributed by atoms with van der Waals surface area (Å²) < 4.78 is 29.7. The summed E-state index contributed by atoms with van der Waals surface area (Å²) >= 11 is 6.59. The highest BCUT2D eigenvalue weighted by molar-refractivity contribution is 6.33. The molecule has 4 aliphatic heterocycles. The summed E-state index contributed by atoms with van der Waals surface area (Å²) in [5.74, 6) is -0.578. The third-order valence-electron chi connectivity index (χ3n) is 13.4. The van der Waals surface area contributed by atoms with Crippen LogP contribution in [-0.2, 0) is 25.7 Å². The van der Waals surface area contributed by atoms with Gasteiger partial charge in [-0.1, -0.05) is 23.7 Å². The Bertz CT molecular complexity index is 2540. The van der Waals surface area contributed by atoms with Crippen molar-refractivity contribution in [1.29, 1.82) is 0 Å². The molecule has 6 heterocycles. The van der Waals surface area contributed by atoms with Crippen molar-refractivity contribution in [2.45, 2.75) is 108 Å². The SMILES string of the molecule is CNC(=O)COc1cc2cc(Nc3nc(N4CCC(O[C@H]5C[C@H](N6CC[C@@H](c7ccc8c(c7)C(=O)N(C7CCC(=O)NC7=O)C8)[C@@H](F)C6)C5)CC4)ncc3Cl)ccc2n(C(C)C)c1=O. The smallest absolute Gasteiger partial charge is 0.293 e. The molecule has 4 aromatic rings. The summed E-state index contributed by atoms with van der Waals surface area (Å²) in [6.45, 7) is 6.39. The first-order valence-electron chi connectivity index (χ1n) is 22.2. The Hall–Kier alpha value is -5.65. The van der Waals surface area contributed by atoms with Gasteiger partial charge in [-0.3, -0.25) is 34.2 Å². The first kappa shape index (κ1) is 43.6. The zero-order chi connectivity index (χ0) is 44.8. The van der Waals surface area contributed by atoms with Gasteiger partial charge in [-0.15, -0.1) is 0 Å². The topological polar surface area (TPSA) is 180 Å². The van der Waals surface area contributed by atoms with Gasteiger partial charge in [-0.25, -0.2) is 9.37 Å². The molecule has 2 aromatic carbocycles. The number of imide groups is 1.